The van der Waals surface area contributed by atoms with Crippen LogP contribution in [0.3, 0.4) is 0 Å². The smallest absolute Gasteiger partial charge is 0.327 e. The minimum atomic E-state index is -1.25. The Morgan fingerprint density at radius 1 is 1.07 bits per heavy atom. The number of aliphatic hydroxyl groups excluding tert-OH is 1. The summed E-state index contributed by atoms with van der Waals surface area (Å²) < 4.78 is 0. The van der Waals surface area contributed by atoms with E-state index in [9.17, 15) is 24.3 Å². The van der Waals surface area contributed by atoms with E-state index < -0.39 is 54.5 Å². The van der Waals surface area contributed by atoms with Crippen LogP contribution in [0.2, 0.25) is 0 Å². The largest absolute Gasteiger partial charge is 0.480 e. The van der Waals surface area contributed by atoms with E-state index in [1.807, 2.05) is 0 Å². The third-order valence-electron chi connectivity index (χ3n) is 3.98. The third kappa shape index (κ3) is 8.50. The molecule has 0 aliphatic heterocycles. The minimum Gasteiger partial charge on any atom is -0.480 e. The standard InChI is InChI=1S/C18H26N4O6S/c1-10(23)15(19)17(26)20-8-14(24)21-12(7-11-5-3-2-4-6-11)16(25)22-13(9-29)18(27)28/h2-6,10,12-13,15,23,29H,7-9,19H2,1H3,(H,20,26)(H,21,24)(H,22,25)(H,27,28). The first-order valence-corrected chi connectivity index (χ1v) is 9.47. The van der Waals surface area contributed by atoms with Gasteiger partial charge in [-0.3, -0.25) is 14.4 Å². The van der Waals surface area contributed by atoms with Crippen molar-refractivity contribution < 1.29 is 29.4 Å². The van der Waals surface area contributed by atoms with Crippen LogP contribution in [0.1, 0.15) is 12.5 Å². The van der Waals surface area contributed by atoms with Crippen molar-refractivity contribution in [2.45, 2.75) is 37.6 Å². The molecule has 1 rings (SSSR count). The molecule has 0 heterocycles. The van der Waals surface area contributed by atoms with Crippen molar-refractivity contribution in [1.82, 2.24) is 16.0 Å². The van der Waals surface area contributed by atoms with E-state index in [2.05, 4.69) is 28.6 Å². The van der Waals surface area contributed by atoms with E-state index in [0.717, 1.165) is 5.56 Å². The highest BCUT2D eigenvalue weighted by atomic mass is 32.1. The predicted octanol–water partition coefficient (Wildman–Crippen LogP) is -1.96. The molecule has 0 fully saturated rings. The molecule has 3 amide bonds. The van der Waals surface area contributed by atoms with Gasteiger partial charge in [0, 0.05) is 12.2 Å². The van der Waals surface area contributed by atoms with E-state index in [0.29, 0.717) is 0 Å². The number of benzene rings is 1. The summed E-state index contributed by atoms with van der Waals surface area (Å²) in [6.07, 6.45) is -0.984. The number of carbonyl (C=O) groups is 4. The number of hydrogen-bond donors (Lipinski definition) is 7. The molecule has 0 aliphatic carbocycles. The van der Waals surface area contributed by atoms with Gasteiger partial charge in [0.25, 0.3) is 0 Å². The fourth-order valence-corrected chi connectivity index (χ4v) is 2.51. The fourth-order valence-electron chi connectivity index (χ4n) is 2.27. The average molecular weight is 426 g/mol. The Hall–Kier alpha value is -2.63. The van der Waals surface area contributed by atoms with Gasteiger partial charge < -0.3 is 31.9 Å². The lowest BCUT2D eigenvalue weighted by Crippen LogP contribution is -2.55. The molecule has 160 valence electrons. The summed E-state index contributed by atoms with van der Waals surface area (Å²) in [5.74, 6) is -3.47. The van der Waals surface area contributed by atoms with Gasteiger partial charge >= 0.3 is 5.97 Å². The first kappa shape index (κ1) is 24.4. The number of carboxylic acid groups (broad SMARTS) is 1. The quantitative estimate of drug-likeness (QED) is 0.201. The molecule has 29 heavy (non-hydrogen) atoms. The minimum absolute atomic E-state index is 0.110. The molecule has 0 spiro atoms. The average Bonchev–Trinajstić information content (AvgIpc) is 2.69. The zero-order valence-electron chi connectivity index (χ0n) is 15.9. The molecule has 0 saturated heterocycles. The maximum absolute atomic E-state index is 12.5. The highest BCUT2D eigenvalue weighted by Crippen LogP contribution is 2.04. The lowest BCUT2D eigenvalue weighted by atomic mass is 10.0. The van der Waals surface area contributed by atoms with Crippen LogP contribution < -0.4 is 21.7 Å². The van der Waals surface area contributed by atoms with E-state index in [1.54, 1.807) is 30.3 Å². The topological polar surface area (TPSA) is 171 Å². The number of nitrogens with two attached hydrogens (primary N) is 1. The molecule has 0 radical (unpaired) electrons. The van der Waals surface area contributed by atoms with Crippen molar-refractivity contribution in [3.63, 3.8) is 0 Å². The van der Waals surface area contributed by atoms with E-state index in [1.165, 1.54) is 6.92 Å². The number of hydrogen-bond acceptors (Lipinski definition) is 7. The Bertz CT molecular complexity index is 716. The molecule has 0 saturated carbocycles. The summed E-state index contributed by atoms with van der Waals surface area (Å²) >= 11 is 3.90. The van der Waals surface area contributed by atoms with Crippen molar-refractivity contribution >= 4 is 36.3 Å². The molecule has 0 aliphatic rings. The Labute approximate surface area is 173 Å². The van der Waals surface area contributed by atoms with E-state index in [4.69, 9.17) is 10.8 Å². The number of thiol groups is 1. The van der Waals surface area contributed by atoms with Gasteiger partial charge in [-0.15, -0.1) is 0 Å². The zero-order valence-corrected chi connectivity index (χ0v) is 16.8. The lowest BCUT2D eigenvalue weighted by molar-refractivity contribution is -0.141. The van der Waals surface area contributed by atoms with E-state index in [-0.39, 0.29) is 12.2 Å². The van der Waals surface area contributed by atoms with Gasteiger partial charge in [-0.05, 0) is 12.5 Å². The van der Waals surface area contributed by atoms with Crippen molar-refractivity contribution in [1.29, 1.82) is 0 Å². The molecule has 7 N–H and O–H groups in total. The number of carbonyl (C=O) groups excluding carboxylic acids is 3. The Morgan fingerprint density at radius 3 is 2.21 bits per heavy atom. The molecule has 1 aromatic rings. The molecule has 4 unspecified atom stereocenters. The lowest BCUT2D eigenvalue weighted by Gasteiger charge is -2.21. The predicted molar refractivity (Wildman–Crippen MR) is 108 cm³/mol. The maximum Gasteiger partial charge on any atom is 0.327 e. The Morgan fingerprint density at radius 2 is 1.69 bits per heavy atom. The monoisotopic (exact) mass is 426 g/mol. The van der Waals surface area contributed by atoms with Gasteiger partial charge in [-0.1, -0.05) is 30.3 Å². The van der Waals surface area contributed by atoms with Crippen molar-refractivity contribution in [2.24, 2.45) is 5.73 Å². The van der Waals surface area contributed by atoms with Crippen LogP contribution in [0.4, 0.5) is 0 Å². The molecular weight excluding hydrogens is 400 g/mol. The van der Waals surface area contributed by atoms with Crippen molar-refractivity contribution in [3.8, 4) is 0 Å². The zero-order chi connectivity index (χ0) is 22.0. The number of carboxylic acids is 1. The second-order valence-corrected chi connectivity index (χ2v) is 6.74. The van der Waals surface area contributed by atoms with Crippen LogP contribution in [-0.2, 0) is 25.6 Å². The third-order valence-corrected chi connectivity index (χ3v) is 4.34. The van der Waals surface area contributed by atoms with Gasteiger partial charge in [0.2, 0.25) is 17.7 Å². The number of aliphatic hydroxyl groups is 1. The van der Waals surface area contributed by atoms with Crippen LogP contribution in [0.5, 0.6) is 0 Å². The number of rotatable bonds is 11. The van der Waals surface area contributed by atoms with Crippen LogP contribution in [-0.4, -0.2) is 70.4 Å². The molecule has 4 atom stereocenters. The molecular formula is C18H26N4O6S. The summed E-state index contributed by atoms with van der Waals surface area (Å²) in [4.78, 5) is 47.6. The molecule has 0 bridgehead atoms. The molecule has 10 nitrogen and oxygen atoms in total. The summed E-state index contributed by atoms with van der Waals surface area (Å²) in [7, 11) is 0. The van der Waals surface area contributed by atoms with E-state index >= 15 is 0 Å². The molecule has 0 aromatic heterocycles. The van der Waals surface area contributed by atoms with Gasteiger partial charge in [-0.2, -0.15) is 12.6 Å². The first-order chi connectivity index (χ1) is 13.6. The van der Waals surface area contributed by atoms with Crippen molar-refractivity contribution in [2.75, 3.05) is 12.3 Å². The van der Waals surface area contributed by atoms with Gasteiger partial charge in [0.15, 0.2) is 0 Å². The summed E-state index contributed by atoms with van der Waals surface area (Å²) in [5.41, 5.74) is 6.22. The molecule has 11 heteroatoms. The number of nitrogens with one attached hydrogen (secondary N) is 3. The Balaban J connectivity index is 2.80. The fraction of sp³-hybridized carbons (Fsp3) is 0.444. The van der Waals surface area contributed by atoms with Crippen LogP contribution in [0, 0.1) is 0 Å². The maximum atomic E-state index is 12.5. The number of amides is 3. The summed E-state index contributed by atoms with van der Waals surface area (Å²) in [6.45, 7) is 0.873. The summed E-state index contributed by atoms with van der Waals surface area (Å²) in [6, 6.07) is 5.33. The highest BCUT2D eigenvalue weighted by molar-refractivity contribution is 7.80. The van der Waals surface area contributed by atoms with Gasteiger partial charge in [0.1, 0.15) is 18.1 Å². The summed E-state index contributed by atoms with van der Waals surface area (Å²) in [5, 5.41) is 25.4. The van der Waals surface area contributed by atoms with Crippen LogP contribution in [0.25, 0.3) is 0 Å². The van der Waals surface area contributed by atoms with Crippen LogP contribution >= 0.6 is 12.6 Å². The van der Waals surface area contributed by atoms with Crippen molar-refractivity contribution in [3.05, 3.63) is 35.9 Å². The second-order valence-electron chi connectivity index (χ2n) is 6.38. The van der Waals surface area contributed by atoms with Gasteiger partial charge in [0.05, 0.1) is 12.6 Å². The highest BCUT2D eigenvalue weighted by Gasteiger charge is 2.26. The van der Waals surface area contributed by atoms with Gasteiger partial charge in [-0.25, -0.2) is 4.79 Å². The SMILES string of the molecule is CC(O)C(N)C(=O)NCC(=O)NC(Cc1ccccc1)C(=O)NC(CS)C(=O)O. The Kier molecular flexibility index (Phi) is 10.1. The first-order valence-electron chi connectivity index (χ1n) is 8.84. The number of aliphatic carboxylic acids is 1. The molecule has 1 aromatic carbocycles. The van der Waals surface area contributed by atoms with Crippen LogP contribution in [0.15, 0.2) is 30.3 Å². The second kappa shape index (κ2) is 12.0. The normalized spacial score (nSPS) is 14.8.